The number of amides is 1. The molecule has 0 bridgehead atoms. The number of primary amides is 1. The number of nitrogens with one attached hydrogen (secondary N) is 1. The van der Waals surface area contributed by atoms with Gasteiger partial charge in [0.2, 0.25) is 5.91 Å². The lowest BCUT2D eigenvalue weighted by atomic mass is 10.2. The van der Waals surface area contributed by atoms with Crippen molar-refractivity contribution in [3.05, 3.63) is 32.8 Å². The Kier molecular flexibility index (Phi) is 5.71. The largest absolute Gasteiger partial charge is 0.492 e. The molecule has 1 aromatic carbocycles. The van der Waals surface area contributed by atoms with Crippen molar-refractivity contribution in [3.63, 3.8) is 0 Å². The molecule has 0 aliphatic carbocycles. The molecule has 1 aromatic rings. The molecule has 8 heteroatoms. The summed E-state index contributed by atoms with van der Waals surface area (Å²) in [5.74, 6) is -0.113. The minimum absolute atomic E-state index is 0.0717. The Hall–Kier alpha value is -1.67. The van der Waals surface area contributed by atoms with Crippen LogP contribution in [-0.2, 0) is 4.79 Å². The van der Waals surface area contributed by atoms with E-state index in [-0.39, 0.29) is 16.8 Å². The second-order valence-corrected chi connectivity index (χ2v) is 4.52. The maximum absolute atomic E-state index is 11.0. The van der Waals surface area contributed by atoms with E-state index in [4.69, 9.17) is 10.5 Å². The van der Waals surface area contributed by atoms with Gasteiger partial charge in [0, 0.05) is 12.5 Å². The van der Waals surface area contributed by atoms with E-state index in [1.807, 2.05) is 0 Å². The van der Waals surface area contributed by atoms with E-state index in [1.165, 1.54) is 12.1 Å². The summed E-state index contributed by atoms with van der Waals surface area (Å²) < 4.78 is 5.69. The summed E-state index contributed by atoms with van der Waals surface area (Å²) in [5.41, 5.74) is 5.09. The van der Waals surface area contributed by atoms with Gasteiger partial charge in [-0.2, -0.15) is 0 Å². The molecular weight excluding hydrogens is 318 g/mol. The average molecular weight is 332 g/mol. The quantitative estimate of drug-likeness (QED) is 0.576. The summed E-state index contributed by atoms with van der Waals surface area (Å²) in [6.45, 7) is 0.216. The Morgan fingerprint density at radius 2 is 2.32 bits per heavy atom. The minimum Gasteiger partial charge on any atom is -0.492 e. The Bertz CT molecular complexity index is 481. The number of hydrogen-bond acceptors (Lipinski definition) is 5. The fourth-order valence-corrected chi connectivity index (χ4v) is 1.99. The second-order valence-electron chi connectivity index (χ2n) is 3.73. The van der Waals surface area contributed by atoms with Gasteiger partial charge < -0.3 is 15.8 Å². The van der Waals surface area contributed by atoms with Crippen LogP contribution in [0.4, 0.5) is 5.69 Å². The number of ether oxygens (including phenoxy) is 1. The number of likely N-dealkylation sites (N-methyl/N-ethyl adjacent to an activating group) is 1. The summed E-state index contributed by atoms with van der Waals surface area (Å²) in [7, 11) is 1.62. The predicted molar refractivity (Wildman–Crippen MR) is 73.0 cm³/mol. The number of rotatable bonds is 7. The number of nitro benzene ring substituents is 1. The topological polar surface area (TPSA) is 107 Å². The molecule has 7 nitrogen and oxygen atoms in total. The lowest BCUT2D eigenvalue weighted by molar-refractivity contribution is -0.385. The van der Waals surface area contributed by atoms with E-state index in [0.717, 1.165) is 0 Å². The summed E-state index contributed by atoms with van der Waals surface area (Å²) in [4.78, 5) is 21.2. The van der Waals surface area contributed by atoms with E-state index in [1.54, 1.807) is 13.1 Å². The highest BCUT2D eigenvalue weighted by molar-refractivity contribution is 9.10. The molecule has 0 heterocycles. The molecule has 0 saturated heterocycles. The number of hydrogen-bond donors (Lipinski definition) is 2. The molecule has 0 aromatic heterocycles. The molecule has 1 atom stereocenters. The first-order valence-corrected chi connectivity index (χ1v) is 6.29. The van der Waals surface area contributed by atoms with Gasteiger partial charge in [-0.05, 0) is 29.0 Å². The molecule has 1 rings (SSSR count). The highest BCUT2D eigenvalue weighted by Gasteiger charge is 2.17. The Labute approximate surface area is 118 Å². The summed E-state index contributed by atoms with van der Waals surface area (Å²) in [6.07, 6.45) is 0.376. The third kappa shape index (κ3) is 4.18. The number of benzene rings is 1. The first-order chi connectivity index (χ1) is 8.97. The fourth-order valence-electron chi connectivity index (χ4n) is 1.47. The number of nitrogens with zero attached hydrogens (tertiary/aromatic N) is 1. The monoisotopic (exact) mass is 331 g/mol. The Morgan fingerprint density at radius 1 is 1.63 bits per heavy atom. The van der Waals surface area contributed by atoms with Gasteiger partial charge in [0.15, 0.2) is 0 Å². The molecule has 104 valence electrons. The molecule has 0 fully saturated rings. The van der Waals surface area contributed by atoms with Crippen molar-refractivity contribution in [2.24, 2.45) is 5.73 Å². The Balaban J connectivity index is 2.66. The number of carbonyl (C=O) groups excluding carboxylic acids is 1. The van der Waals surface area contributed by atoms with Gasteiger partial charge in [-0.3, -0.25) is 14.9 Å². The number of halogens is 1. The van der Waals surface area contributed by atoms with Gasteiger partial charge in [-0.15, -0.1) is 0 Å². The fraction of sp³-hybridized carbons (Fsp3) is 0.364. The first kappa shape index (κ1) is 15.4. The molecule has 0 aliphatic heterocycles. The van der Waals surface area contributed by atoms with Gasteiger partial charge in [0.05, 0.1) is 17.6 Å². The summed E-state index contributed by atoms with van der Waals surface area (Å²) >= 11 is 3.12. The van der Waals surface area contributed by atoms with E-state index in [9.17, 15) is 14.9 Å². The van der Waals surface area contributed by atoms with Crippen LogP contribution in [-0.4, -0.2) is 30.5 Å². The lowest BCUT2D eigenvalue weighted by Gasteiger charge is -2.13. The van der Waals surface area contributed by atoms with Crippen LogP contribution in [0.3, 0.4) is 0 Å². The maximum atomic E-state index is 11.0. The Morgan fingerprint density at radius 3 is 2.84 bits per heavy atom. The van der Waals surface area contributed by atoms with Crippen LogP contribution in [0.1, 0.15) is 6.42 Å². The van der Waals surface area contributed by atoms with Crippen LogP contribution in [0.5, 0.6) is 5.75 Å². The second kappa shape index (κ2) is 7.05. The van der Waals surface area contributed by atoms with Gasteiger partial charge in [0.1, 0.15) is 10.2 Å². The zero-order chi connectivity index (χ0) is 14.4. The maximum Gasteiger partial charge on any atom is 0.287 e. The molecule has 0 aliphatic rings. The van der Waals surface area contributed by atoms with Crippen LogP contribution < -0.4 is 15.8 Å². The van der Waals surface area contributed by atoms with Crippen LogP contribution in [0.25, 0.3) is 0 Å². The van der Waals surface area contributed by atoms with Gasteiger partial charge in [-0.1, -0.05) is 6.07 Å². The summed E-state index contributed by atoms with van der Waals surface area (Å²) in [6, 6.07) is 4.02. The molecule has 1 amide bonds. The summed E-state index contributed by atoms with van der Waals surface area (Å²) in [5, 5.41) is 13.5. The van der Waals surface area contributed by atoms with Crippen molar-refractivity contribution in [2.75, 3.05) is 13.7 Å². The molecule has 1 unspecified atom stereocenters. The number of nitrogens with two attached hydrogens (primary N) is 1. The van der Waals surface area contributed by atoms with Crippen molar-refractivity contribution in [1.29, 1.82) is 0 Å². The van der Waals surface area contributed by atoms with Crippen LogP contribution in [0.15, 0.2) is 22.7 Å². The van der Waals surface area contributed by atoms with Crippen molar-refractivity contribution in [3.8, 4) is 5.75 Å². The highest BCUT2D eigenvalue weighted by atomic mass is 79.9. The normalized spacial score (nSPS) is 11.9. The van der Waals surface area contributed by atoms with Crippen molar-refractivity contribution in [1.82, 2.24) is 5.32 Å². The van der Waals surface area contributed by atoms with Gasteiger partial charge >= 0.3 is 0 Å². The highest BCUT2D eigenvalue weighted by Crippen LogP contribution is 2.33. The third-order valence-corrected chi connectivity index (χ3v) is 3.29. The average Bonchev–Trinajstić information content (AvgIpc) is 2.35. The standard InChI is InChI=1S/C11H14BrN3O4/c1-14-7(11(13)16)5-6-19-9-4-2-3-8(10(9)12)15(17)18/h2-4,7,14H,5-6H2,1H3,(H2,13,16). The molecule has 3 N–H and O–H groups in total. The molecule has 0 radical (unpaired) electrons. The predicted octanol–water partition coefficient (Wildman–Crippen LogP) is 1.20. The molecule has 19 heavy (non-hydrogen) atoms. The zero-order valence-corrected chi connectivity index (χ0v) is 11.8. The van der Waals surface area contributed by atoms with Crippen molar-refractivity contribution in [2.45, 2.75) is 12.5 Å². The SMILES string of the molecule is CNC(CCOc1cccc([N+](=O)[O-])c1Br)C(N)=O. The molecule has 0 spiro atoms. The van der Waals surface area contributed by atoms with Crippen molar-refractivity contribution < 1.29 is 14.5 Å². The zero-order valence-electron chi connectivity index (χ0n) is 10.3. The third-order valence-electron chi connectivity index (χ3n) is 2.50. The first-order valence-electron chi connectivity index (χ1n) is 5.49. The van der Waals surface area contributed by atoms with Crippen molar-refractivity contribution >= 4 is 27.5 Å². The smallest absolute Gasteiger partial charge is 0.287 e. The van der Waals surface area contributed by atoms with Gasteiger partial charge in [-0.25, -0.2) is 0 Å². The van der Waals surface area contributed by atoms with Crippen LogP contribution in [0.2, 0.25) is 0 Å². The van der Waals surface area contributed by atoms with E-state index >= 15 is 0 Å². The minimum atomic E-state index is -0.503. The van der Waals surface area contributed by atoms with Crippen LogP contribution >= 0.6 is 15.9 Å². The van der Waals surface area contributed by atoms with Gasteiger partial charge in [0.25, 0.3) is 5.69 Å². The van der Waals surface area contributed by atoms with E-state index in [0.29, 0.717) is 12.2 Å². The number of nitro groups is 1. The molecular formula is C11H14BrN3O4. The van der Waals surface area contributed by atoms with Crippen LogP contribution in [0, 0.1) is 10.1 Å². The lowest BCUT2D eigenvalue weighted by Crippen LogP contribution is -2.40. The van der Waals surface area contributed by atoms with E-state index in [2.05, 4.69) is 21.2 Å². The van der Waals surface area contributed by atoms with E-state index < -0.39 is 16.9 Å². The number of carbonyl (C=O) groups is 1. The molecule has 0 saturated carbocycles.